The fourth-order valence-corrected chi connectivity index (χ4v) is 3.31. The van der Waals surface area contributed by atoms with E-state index >= 15 is 0 Å². The van der Waals surface area contributed by atoms with Crippen LogP contribution < -0.4 is 14.8 Å². The maximum atomic E-state index is 12.6. The Morgan fingerprint density at radius 1 is 1.12 bits per heavy atom. The van der Waals surface area contributed by atoms with Crippen molar-refractivity contribution in [1.29, 1.82) is 0 Å². The van der Waals surface area contributed by atoms with E-state index in [1.54, 1.807) is 30.3 Å². The molecule has 2 aliphatic heterocycles. The molecule has 0 spiro atoms. The molecule has 2 heterocycles. The van der Waals surface area contributed by atoms with Crippen LogP contribution in [0.1, 0.15) is 27.9 Å². The van der Waals surface area contributed by atoms with Crippen LogP contribution in [0.5, 0.6) is 11.5 Å². The first-order valence-electron chi connectivity index (χ1n) is 8.39. The highest BCUT2D eigenvalue weighted by Crippen LogP contribution is 2.36. The molecule has 0 radical (unpaired) electrons. The molecule has 4 nitrogen and oxygen atoms in total. The molecular formula is C20H18ClNO3. The van der Waals surface area contributed by atoms with Gasteiger partial charge in [-0.15, -0.1) is 0 Å². The molecule has 5 heteroatoms. The molecule has 0 saturated heterocycles. The molecular weight excluding hydrogens is 338 g/mol. The summed E-state index contributed by atoms with van der Waals surface area (Å²) >= 11 is 5.99. The summed E-state index contributed by atoms with van der Waals surface area (Å²) in [4.78, 5) is 12.6. The summed E-state index contributed by atoms with van der Waals surface area (Å²) < 4.78 is 11.6. The molecule has 128 valence electrons. The van der Waals surface area contributed by atoms with E-state index < -0.39 is 0 Å². The van der Waals surface area contributed by atoms with Gasteiger partial charge >= 0.3 is 0 Å². The minimum atomic E-state index is -0.0787. The van der Waals surface area contributed by atoms with Crippen molar-refractivity contribution in [2.75, 3.05) is 19.8 Å². The summed E-state index contributed by atoms with van der Waals surface area (Å²) in [5.74, 6) is 1.45. The number of ether oxygens (including phenoxy) is 2. The molecule has 25 heavy (non-hydrogen) atoms. The Labute approximate surface area is 151 Å². The van der Waals surface area contributed by atoms with E-state index in [9.17, 15) is 4.79 Å². The second-order valence-corrected chi connectivity index (χ2v) is 6.55. The van der Waals surface area contributed by atoms with Gasteiger partial charge in [-0.3, -0.25) is 4.79 Å². The number of hydrogen-bond acceptors (Lipinski definition) is 4. The van der Waals surface area contributed by atoms with Crippen LogP contribution in [0.3, 0.4) is 0 Å². The average Bonchev–Trinajstić information content (AvgIpc) is 2.85. The summed E-state index contributed by atoms with van der Waals surface area (Å²) in [5, 5.41) is 3.88. The number of rotatable bonds is 2. The number of carbonyl (C=O) groups excluding carboxylic acids is 1. The van der Waals surface area contributed by atoms with Crippen LogP contribution in [0.25, 0.3) is 5.70 Å². The first-order chi connectivity index (χ1) is 12.2. The monoisotopic (exact) mass is 355 g/mol. The lowest BCUT2D eigenvalue weighted by Gasteiger charge is -2.23. The largest absolute Gasteiger partial charge is 0.490 e. The minimum absolute atomic E-state index is 0.0787. The Morgan fingerprint density at radius 3 is 2.72 bits per heavy atom. The lowest BCUT2D eigenvalue weighted by molar-refractivity contribution is 0.104. The number of carbonyl (C=O) groups is 1. The highest BCUT2D eigenvalue weighted by molar-refractivity contribution is 6.31. The van der Waals surface area contributed by atoms with Gasteiger partial charge in [0.15, 0.2) is 17.3 Å². The van der Waals surface area contributed by atoms with Gasteiger partial charge in [-0.1, -0.05) is 23.7 Å². The lowest BCUT2D eigenvalue weighted by Crippen LogP contribution is -2.23. The Hall–Kier alpha value is -2.46. The zero-order valence-corrected chi connectivity index (χ0v) is 14.4. The quantitative estimate of drug-likeness (QED) is 0.656. The van der Waals surface area contributed by atoms with Crippen LogP contribution >= 0.6 is 11.6 Å². The molecule has 2 aliphatic rings. The summed E-state index contributed by atoms with van der Waals surface area (Å²) in [7, 11) is 0. The molecule has 1 N–H and O–H groups in total. The third-order valence-electron chi connectivity index (χ3n) is 4.36. The SMILES string of the molecule is O=C(C=C1NCCc2cc3c(cc21)OCCCO3)c1cccc(Cl)c1. The predicted octanol–water partition coefficient (Wildman–Crippen LogP) is 3.87. The fourth-order valence-electron chi connectivity index (χ4n) is 3.12. The van der Waals surface area contributed by atoms with Crippen molar-refractivity contribution in [3.8, 4) is 11.5 Å². The lowest BCUT2D eigenvalue weighted by atomic mass is 9.95. The molecule has 2 aromatic carbocycles. The van der Waals surface area contributed by atoms with Gasteiger partial charge in [0.2, 0.25) is 0 Å². The molecule has 4 rings (SSSR count). The number of hydrogen-bond donors (Lipinski definition) is 1. The Kier molecular flexibility index (Phi) is 4.36. The van der Waals surface area contributed by atoms with E-state index in [-0.39, 0.29) is 5.78 Å². The van der Waals surface area contributed by atoms with Gasteiger partial charge in [-0.05, 0) is 36.2 Å². The van der Waals surface area contributed by atoms with Crippen molar-refractivity contribution < 1.29 is 14.3 Å². The van der Waals surface area contributed by atoms with Gasteiger partial charge in [0, 0.05) is 40.9 Å². The first kappa shape index (κ1) is 16.0. The second-order valence-electron chi connectivity index (χ2n) is 6.12. The van der Waals surface area contributed by atoms with Gasteiger partial charge in [-0.2, -0.15) is 0 Å². The van der Waals surface area contributed by atoms with E-state index in [1.807, 2.05) is 12.1 Å². The predicted molar refractivity (Wildman–Crippen MR) is 97.5 cm³/mol. The number of benzene rings is 2. The molecule has 0 saturated carbocycles. The number of halogens is 1. The molecule has 0 aromatic heterocycles. The Morgan fingerprint density at radius 2 is 1.92 bits per heavy atom. The smallest absolute Gasteiger partial charge is 0.187 e. The van der Waals surface area contributed by atoms with Crippen LogP contribution in [-0.4, -0.2) is 25.5 Å². The summed E-state index contributed by atoms with van der Waals surface area (Å²) in [5.41, 5.74) is 3.53. The third kappa shape index (κ3) is 3.35. The van der Waals surface area contributed by atoms with E-state index in [4.69, 9.17) is 21.1 Å². The first-order valence-corrected chi connectivity index (χ1v) is 8.77. The molecule has 0 fully saturated rings. The molecule has 0 unspecified atom stereocenters. The van der Waals surface area contributed by atoms with E-state index in [0.29, 0.717) is 23.8 Å². The van der Waals surface area contributed by atoms with Gasteiger partial charge < -0.3 is 14.8 Å². The van der Waals surface area contributed by atoms with Crippen molar-refractivity contribution >= 4 is 23.1 Å². The zero-order chi connectivity index (χ0) is 17.2. The summed E-state index contributed by atoms with van der Waals surface area (Å²) in [6.07, 6.45) is 3.38. The number of nitrogens with one attached hydrogen (secondary N) is 1. The Balaban J connectivity index is 1.71. The van der Waals surface area contributed by atoms with Gasteiger partial charge in [-0.25, -0.2) is 0 Å². The fraction of sp³-hybridized carbons (Fsp3) is 0.250. The topological polar surface area (TPSA) is 47.6 Å². The maximum absolute atomic E-state index is 12.6. The highest BCUT2D eigenvalue weighted by Gasteiger charge is 2.20. The van der Waals surface area contributed by atoms with E-state index in [0.717, 1.165) is 47.7 Å². The normalized spacial score (nSPS) is 17.4. The summed E-state index contributed by atoms with van der Waals surface area (Å²) in [6.45, 7) is 2.08. The van der Waals surface area contributed by atoms with Crippen molar-refractivity contribution in [2.45, 2.75) is 12.8 Å². The van der Waals surface area contributed by atoms with Crippen LogP contribution in [0, 0.1) is 0 Å². The minimum Gasteiger partial charge on any atom is -0.490 e. The molecule has 2 aromatic rings. The third-order valence-corrected chi connectivity index (χ3v) is 4.59. The Bertz CT molecular complexity index is 860. The summed E-state index contributed by atoms with van der Waals surface area (Å²) in [6, 6.07) is 11.0. The number of ketones is 1. The standard InChI is InChI=1S/C20H18ClNO3/c21-15-4-1-3-14(9-15)18(23)12-17-16-11-20-19(24-7-2-8-25-20)10-13(16)5-6-22-17/h1,3-4,9-12,22H,2,5-8H2. The molecule has 0 bridgehead atoms. The average molecular weight is 356 g/mol. The number of fused-ring (bicyclic) bond motifs is 2. The van der Waals surface area contributed by atoms with Crippen molar-refractivity contribution in [3.05, 3.63) is 64.2 Å². The van der Waals surface area contributed by atoms with Crippen LogP contribution in [-0.2, 0) is 6.42 Å². The maximum Gasteiger partial charge on any atom is 0.187 e. The zero-order valence-electron chi connectivity index (χ0n) is 13.7. The van der Waals surface area contributed by atoms with Crippen LogP contribution in [0.2, 0.25) is 5.02 Å². The molecule has 0 amide bonds. The molecule has 0 aliphatic carbocycles. The number of allylic oxidation sites excluding steroid dienone is 1. The second kappa shape index (κ2) is 6.81. The highest BCUT2D eigenvalue weighted by atomic mass is 35.5. The van der Waals surface area contributed by atoms with Gasteiger partial charge in [0.1, 0.15) is 0 Å². The van der Waals surface area contributed by atoms with Gasteiger partial charge in [0.05, 0.1) is 13.2 Å². The van der Waals surface area contributed by atoms with Crippen LogP contribution in [0.4, 0.5) is 0 Å². The van der Waals surface area contributed by atoms with Gasteiger partial charge in [0.25, 0.3) is 0 Å². The van der Waals surface area contributed by atoms with Crippen molar-refractivity contribution in [1.82, 2.24) is 5.32 Å². The van der Waals surface area contributed by atoms with Crippen LogP contribution in [0.15, 0.2) is 42.5 Å². The van der Waals surface area contributed by atoms with Crippen molar-refractivity contribution in [2.24, 2.45) is 0 Å². The van der Waals surface area contributed by atoms with E-state index in [2.05, 4.69) is 5.32 Å². The molecule has 0 atom stereocenters. The van der Waals surface area contributed by atoms with E-state index in [1.165, 1.54) is 0 Å². The van der Waals surface area contributed by atoms with Crippen molar-refractivity contribution in [3.63, 3.8) is 0 Å².